The fourth-order valence-corrected chi connectivity index (χ4v) is 1.40. The smallest absolute Gasteiger partial charge is 0.131 e. The average Bonchev–Trinajstić information content (AvgIpc) is 2.14. The predicted molar refractivity (Wildman–Crippen MR) is 56.0 cm³/mol. The van der Waals surface area contributed by atoms with E-state index in [4.69, 9.17) is 5.84 Å². The van der Waals surface area contributed by atoms with E-state index in [9.17, 15) is 8.78 Å². The van der Waals surface area contributed by atoms with E-state index in [1.807, 2.05) is 0 Å². The number of hydrogen-bond acceptors (Lipinski definition) is 2. The van der Waals surface area contributed by atoms with Crippen molar-refractivity contribution in [1.29, 1.82) is 0 Å². The van der Waals surface area contributed by atoms with Crippen molar-refractivity contribution in [3.8, 4) is 0 Å². The molecule has 1 unspecified atom stereocenters. The summed E-state index contributed by atoms with van der Waals surface area (Å²) in [6.45, 7) is 6.99. The summed E-state index contributed by atoms with van der Waals surface area (Å²) in [6, 6.07) is 1.80. The molecule has 2 nitrogen and oxygen atoms in total. The van der Waals surface area contributed by atoms with E-state index in [-0.39, 0.29) is 0 Å². The Morgan fingerprint density at radius 2 is 2.00 bits per heavy atom. The third-order valence-corrected chi connectivity index (χ3v) is 2.25. The predicted octanol–water partition coefficient (Wildman–Crippen LogP) is 2.35. The summed E-state index contributed by atoms with van der Waals surface area (Å²) in [7, 11) is 0. The standard InChI is InChI=1S/C11H14F2N2/c1-6(2)11(15-14)8-4-7(3)9(12)5-10(8)13/h4-5,11,15H,1,14H2,2-3H3. The van der Waals surface area contributed by atoms with Gasteiger partial charge in [0.25, 0.3) is 0 Å². The van der Waals surface area contributed by atoms with Crippen molar-refractivity contribution in [3.63, 3.8) is 0 Å². The van der Waals surface area contributed by atoms with Gasteiger partial charge in [-0.1, -0.05) is 12.2 Å². The summed E-state index contributed by atoms with van der Waals surface area (Å²) < 4.78 is 26.5. The van der Waals surface area contributed by atoms with Gasteiger partial charge in [0.2, 0.25) is 0 Å². The van der Waals surface area contributed by atoms with E-state index in [1.54, 1.807) is 13.8 Å². The summed E-state index contributed by atoms with van der Waals surface area (Å²) in [6.07, 6.45) is 0. The van der Waals surface area contributed by atoms with E-state index in [0.29, 0.717) is 16.7 Å². The van der Waals surface area contributed by atoms with Crippen LogP contribution in [-0.4, -0.2) is 0 Å². The highest BCUT2D eigenvalue weighted by molar-refractivity contribution is 5.32. The van der Waals surface area contributed by atoms with Crippen molar-refractivity contribution in [2.45, 2.75) is 19.9 Å². The van der Waals surface area contributed by atoms with Crippen molar-refractivity contribution in [2.75, 3.05) is 0 Å². The summed E-state index contributed by atoms with van der Waals surface area (Å²) in [5.41, 5.74) is 3.80. The molecule has 0 radical (unpaired) electrons. The van der Waals surface area contributed by atoms with E-state index >= 15 is 0 Å². The Morgan fingerprint density at radius 1 is 1.40 bits per heavy atom. The van der Waals surface area contributed by atoms with E-state index in [2.05, 4.69) is 12.0 Å². The highest BCUT2D eigenvalue weighted by Gasteiger charge is 2.16. The molecule has 0 saturated heterocycles. The number of nitrogens with two attached hydrogens (primary N) is 1. The molecule has 0 saturated carbocycles. The van der Waals surface area contributed by atoms with Crippen molar-refractivity contribution < 1.29 is 8.78 Å². The second-order valence-corrected chi connectivity index (χ2v) is 3.57. The first-order valence-corrected chi connectivity index (χ1v) is 4.54. The van der Waals surface area contributed by atoms with Gasteiger partial charge in [-0.25, -0.2) is 14.2 Å². The van der Waals surface area contributed by atoms with E-state index in [1.165, 1.54) is 6.07 Å². The molecule has 1 aromatic rings. The Morgan fingerprint density at radius 3 is 2.47 bits per heavy atom. The second kappa shape index (κ2) is 4.51. The van der Waals surface area contributed by atoms with E-state index in [0.717, 1.165) is 6.07 Å². The molecule has 0 bridgehead atoms. The fourth-order valence-electron chi connectivity index (χ4n) is 1.40. The van der Waals surface area contributed by atoms with Crippen LogP contribution in [-0.2, 0) is 0 Å². The summed E-state index contributed by atoms with van der Waals surface area (Å²) in [5, 5.41) is 0. The lowest BCUT2D eigenvalue weighted by Crippen LogP contribution is -2.29. The molecule has 0 fully saturated rings. The van der Waals surface area contributed by atoms with Gasteiger partial charge in [0, 0.05) is 11.6 Å². The molecule has 1 atom stereocenters. The third-order valence-electron chi connectivity index (χ3n) is 2.25. The number of rotatable bonds is 3. The van der Waals surface area contributed by atoms with Crippen LogP contribution in [0.5, 0.6) is 0 Å². The zero-order valence-corrected chi connectivity index (χ0v) is 8.77. The molecule has 3 N–H and O–H groups in total. The Balaban J connectivity index is 3.24. The number of hydrazine groups is 1. The normalized spacial score (nSPS) is 12.6. The molecule has 0 aliphatic heterocycles. The topological polar surface area (TPSA) is 38.0 Å². The Bertz CT molecular complexity index is 388. The maximum atomic E-state index is 13.5. The molecule has 0 aliphatic rings. The van der Waals surface area contributed by atoms with Crippen LogP contribution < -0.4 is 11.3 Å². The molecule has 1 rings (SSSR count). The van der Waals surface area contributed by atoms with Crippen molar-refractivity contribution >= 4 is 0 Å². The molecule has 0 spiro atoms. The minimum absolute atomic E-state index is 0.309. The van der Waals surface area contributed by atoms with Gasteiger partial charge in [0.15, 0.2) is 0 Å². The van der Waals surface area contributed by atoms with Gasteiger partial charge in [-0.3, -0.25) is 5.84 Å². The lowest BCUT2D eigenvalue weighted by molar-refractivity contribution is 0.535. The summed E-state index contributed by atoms with van der Waals surface area (Å²) in [5.74, 6) is 4.11. The van der Waals surface area contributed by atoms with Crippen LogP contribution in [0.3, 0.4) is 0 Å². The van der Waals surface area contributed by atoms with Crippen LogP contribution >= 0.6 is 0 Å². The van der Waals surface area contributed by atoms with Gasteiger partial charge in [-0.05, 0) is 25.5 Å². The molecule has 0 aromatic heterocycles. The molecule has 0 heterocycles. The Hall–Kier alpha value is -1.26. The minimum atomic E-state index is -0.621. The van der Waals surface area contributed by atoms with Crippen LogP contribution in [0.25, 0.3) is 0 Å². The zero-order valence-electron chi connectivity index (χ0n) is 8.77. The molecule has 82 valence electrons. The van der Waals surface area contributed by atoms with Crippen LogP contribution in [0.1, 0.15) is 24.1 Å². The van der Waals surface area contributed by atoms with Gasteiger partial charge >= 0.3 is 0 Å². The van der Waals surface area contributed by atoms with Crippen LogP contribution in [0.2, 0.25) is 0 Å². The molecule has 0 aliphatic carbocycles. The van der Waals surface area contributed by atoms with Gasteiger partial charge in [-0.2, -0.15) is 0 Å². The first kappa shape index (κ1) is 11.8. The SMILES string of the molecule is C=C(C)C(NN)c1cc(C)c(F)cc1F. The van der Waals surface area contributed by atoms with Crippen molar-refractivity contribution in [2.24, 2.45) is 5.84 Å². The molecule has 15 heavy (non-hydrogen) atoms. The quantitative estimate of drug-likeness (QED) is 0.458. The zero-order chi connectivity index (χ0) is 11.6. The third kappa shape index (κ3) is 2.40. The highest BCUT2D eigenvalue weighted by Crippen LogP contribution is 2.24. The highest BCUT2D eigenvalue weighted by atomic mass is 19.1. The Kier molecular flexibility index (Phi) is 3.55. The molecule has 1 aromatic carbocycles. The first-order valence-electron chi connectivity index (χ1n) is 4.54. The number of benzene rings is 1. The Labute approximate surface area is 87.8 Å². The fraction of sp³-hybridized carbons (Fsp3) is 0.273. The molecule has 4 heteroatoms. The van der Waals surface area contributed by atoms with Gasteiger partial charge in [0.05, 0.1) is 6.04 Å². The van der Waals surface area contributed by atoms with Crippen molar-refractivity contribution in [3.05, 3.63) is 47.0 Å². The maximum Gasteiger partial charge on any atom is 0.131 e. The lowest BCUT2D eigenvalue weighted by atomic mass is 9.99. The second-order valence-electron chi connectivity index (χ2n) is 3.57. The van der Waals surface area contributed by atoms with Crippen LogP contribution in [0, 0.1) is 18.6 Å². The number of hydrogen-bond donors (Lipinski definition) is 2. The average molecular weight is 212 g/mol. The van der Waals surface area contributed by atoms with Crippen LogP contribution in [0.15, 0.2) is 24.3 Å². The molecular formula is C11H14F2N2. The monoisotopic (exact) mass is 212 g/mol. The van der Waals surface area contributed by atoms with Gasteiger partial charge in [0.1, 0.15) is 11.6 Å². The van der Waals surface area contributed by atoms with Gasteiger partial charge < -0.3 is 0 Å². The number of aryl methyl sites for hydroxylation is 1. The molecule has 0 amide bonds. The first-order chi connectivity index (χ1) is 6.97. The van der Waals surface area contributed by atoms with E-state index < -0.39 is 17.7 Å². The number of nitrogens with one attached hydrogen (secondary N) is 1. The van der Waals surface area contributed by atoms with Crippen molar-refractivity contribution in [1.82, 2.24) is 5.43 Å². The summed E-state index contributed by atoms with van der Waals surface area (Å²) in [4.78, 5) is 0. The lowest BCUT2D eigenvalue weighted by Gasteiger charge is -2.17. The van der Waals surface area contributed by atoms with Gasteiger partial charge in [-0.15, -0.1) is 0 Å². The largest absolute Gasteiger partial charge is 0.271 e. The minimum Gasteiger partial charge on any atom is -0.271 e. The molecular weight excluding hydrogens is 198 g/mol. The maximum absolute atomic E-state index is 13.5. The number of halogens is 2. The summed E-state index contributed by atoms with van der Waals surface area (Å²) >= 11 is 0. The van der Waals surface area contributed by atoms with Crippen LogP contribution in [0.4, 0.5) is 8.78 Å².